The van der Waals surface area contributed by atoms with Gasteiger partial charge in [-0.15, -0.1) is 0 Å². The molecule has 1 aromatic carbocycles. The second-order valence-electron chi connectivity index (χ2n) is 6.74. The predicted molar refractivity (Wildman–Crippen MR) is 105 cm³/mol. The van der Waals surface area contributed by atoms with Gasteiger partial charge in [-0.3, -0.25) is 14.4 Å². The molecule has 0 radical (unpaired) electrons. The molecule has 6 heteroatoms. The van der Waals surface area contributed by atoms with Crippen LogP contribution < -0.4 is 9.47 Å². The molecule has 2 rings (SSSR count). The number of ether oxygens (including phenoxy) is 3. The van der Waals surface area contributed by atoms with E-state index >= 15 is 0 Å². The third-order valence-corrected chi connectivity index (χ3v) is 4.73. The summed E-state index contributed by atoms with van der Waals surface area (Å²) in [7, 11) is 2.88. The fourth-order valence-corrected chi connectivity index (χ4v) is 3.35. The highest BCUT2D eigenvalue weighted by Crippen LogP contribution is 2.42. The summed E-state index contributed by atoms with van der Waals surface area (Å²) in [6.07, 6.45) is 6.30. The number of esters is 1. The quantitative estimate of drug-likeness (QED) is 0.430. The molecule has 0 aromatic heterocycles. The lowest BCUT2D eigenvalue weighted by Gasteiger charge is -2.25. The molecule has 0 bridgehead atoms. The van der Waals surface area contributed by atoms with E-state index in [4.69, 9.17) is 14.2 Å². The molecule has 1 aliphatic rings. The lowest BCUT2D eigenvalue weighted by molar-refractivity contribution is -0.150. The van der Waals surface area contributed by atoms with E-state index in [2.05, 4.69) is 6.92 Å². The number of rotatable bonds is 10. The van der Waals surface area contributed by atoms with Gasteiger partial charge in [-0.25, -0.2) is 0 Å². The number of fused-ring (bicyclic) bond motifs is 1. The Bertz CT molecular complexity index is 778. The van der Waals surface area contributed by atoms with Gasteiger partial charge in [0.15, 0.2) is 11.6 Å². The van der Waals surface area contributed by atoms with E-state index in [1.165, 1.54) is 26.4 Å². The highest BCUT2D eigenvalue weighted by Gasteiger charge is 2.32. The van der Waals surface area contributed by atoms with Gasteiger partial charge >= 0.3 is 5.97 Å². The molecular formula is C22H28O6. The topological polar surface area (TPSA) is 78.9 Å². The lowest BCUT2D eigenvalue weighted by atomic mass is 9.88. The van der Waals surface area contributed by atoms with E-state index in [0.717, 1.165) is 25.7 Å². The van der Waals surface area contributed by atoms with Crippen LogP contribution in [-0.4, -0.2) is 31.8 Å². The fraction of sp³-hybridized carbons (Fsp3) is 0.500. The van der Waals surface area contributed by atoms with Crippen molar-refractivity contribution < 1.29 is 28.6 Å². The van der Waals surface area contributed by atoms with Gasteiger partial charge in [0.25, 0.3) is 0 Å². The Morgan fingerprint density at radius 1 is 0.964 bits per heavy atom. The number of hydrogen-bond acceptors (Lipinski definition) is 6. The van der Waals surface area contributed by atoms with E-state index in [1.54, 1.807) is 6.07 Å². The molecule has 0 N–H and O–H groups in total. The molecule has 0 heterocycles. The number of benzene rings is 1. The highest BCUT2D eigenvalue weighted by atomic mass is 16.5. The first-order valence-corrected chi connectivity index (χ1v) is 9.73. The van der Waals surface area contributed by atoms with Crippen LogP contribution in [0, 0.1) is 0 Å². The number of carbonyl (C=O) groups is 3. The van der Waals surface area contributed by atoms with Gasteiger partial charge in [-0.1, -0.05) is 33.1 Å². The summed E-state index contributed by atoms with van der Waals surface area (Å²) in [5, 5.41) is 0. The highest BCUT2D eigenvalue weighted by molar-refractivity contribution is 6.24. The third kappa shape index (κ3) is 4.61. The Morgan fingerprint density at radius 3 is 2.21 bits per heavy atom. The summed E-state index contributed by atoms with van der Waals surface area (Å²) in [6.45, 7) is 4.06. The molecule has 1 atom stereocenters. The van der Waals surface area contributed by atoms with Crippen molar-refractivity contribution in [3.05, 3.63) is 34.9 Å². The Balaban J connectivity index is 2.49. The molecule has 0 aliphatic heterocycles. The van der Waals surface area contributed by atoms with Crippen LogP contribution in [0.25, 0.3) is 0 Å². The minimum Gasteiger partial charge on any atom is -0.496 e. The largest absolute Gasteiger partial charge is 0.496 e. The second-order valence-corrected chi connectivity index (χ2v) is 6.74. The molecule has 0 fully saturated rings. The van der Waals surface area contributed by atoms with Crippen molar-refractivity contribution in [2.24, 2.45) is 0 Å². The Morgan fingerprint density at radius 2 is 1.64 bits per heavy atom. The fourth-order valence-electron chi connectivity index (χ4n) is 3.35. The molecule has 28 heavy (non-hydrogen) atoms. The Labute approximate surface area is 165 Å². The molecule has 1 unspecified atom stereocenters. The van der Waals surface area contributed by atoms with Gasteiger partial charge < -0.3 is 14.2 Å². The zero-order chi connectivity index (χ0) is 20.7. The standard InChI is InChI=1S/C22H28O6/c1-5-7-8-10-19(25)28-17(9-6-2)14-13-18(26-3)20-15(23)11-12-16(24)21(20)22(14)27-4/h11-13,17H,5-10H2,1-4H3. The second kappa shape index (κ2) is 10.1. The minimum absolute atomic E-state index is 0.160. The molecule has 0 spiro atoms. The lowest BCUT2D eigenvalue weighted by Crippen LogP contribution is -2.19. The van der Waals surface area contributed by atoms with Crippen LogP contribution >= 0.6 is 0 Å². The van der Waals surface area contributed by atoms with Crippen molar-refractivity contribution in [1.82, 2.24) is 0 Å². The number of allylic oxidation sites excluding steroid dienone is 2. The van der Waals surface area contributed by atoms with Crippen LogP contribution in [0.1, 0.15) is 84.8 Å². The van der Waals surface area contributed by atoms with Crippen molar-refractivity contribution in [2.45, 2.75) is 58.5 Å². The van der Waals surface area contributed by atoms with Gasteiger partial charge in [0.1, 0.15) is 17.6 Å². The van der Waals surface area contributed by atoms with E-state index in [9.17, 15) is 14.4 Å². The van der Waals surface area contributed by atoms with Gasteiger partial charge in [-0.2, -0.15) is 0 Å². The summed E-state index contributed by atoms with van der Waals surface area (Å²) in [5.74, 6) is -0.404. The number of carbonyl (C=O) groups excluding carboxylic acids is 3. The summed E-state index contributed by atoms with van der Waals surface area (Å²) in [6, 6.07) is 1.64. The van der Waals surface area contributed by atoms with E-state index in [0.29, 0.717) is 18.4 Å². The molecule has 152 valence electrons. The molecular weight excluding hydrogens is 360 g/mol. The predicted octanol–water partition coefficient (Wildman–Crippen LogP) is 4.60. The first kappa shape index (κ1) is 21.7. The average molecular weight is 388 g/mol. The summed E-state index contributed by atoms with van der Waals surface area (Å²) in [5.41, 5.74) is 0.882. The molecule has 0 saturated carbocycles. The van der Waals surface area contributed by atoms with E-state index < -0.39 is 6.10 Å². The molecule has 0 amide bonds. The van der Waals surface area contributed by atoms with Crippen molar-refractivity contribution >= 4 is 17.5 Å². The molecule has 0 saturated heterocycles. The van der Waals surface area contributed by atoms with Gasteiger partial charge in [0.05, 0.1) is 25.3 Å². The number of hydrogen-bond donors (Lipinski definition) is 0. The number of methoxy groups -OCH3 is 2. The average Bonchev–Trinajstić information content (AvgIpc) is 2.69. The Kier molecular flexibility index (Phi) is 7.79. The van der Waals surface area contributed by atoms with Crippen molar-refractivity contribution in [2.75, 3.05) is 14.2 Å². The maximum Gasteiger partial charge on any atom is 0.306 e. The first-order chi connectivity index (χ1) is 13.5. The van der Waals surface area contributed by atoms with Crippen molar-refractivity contribution in [3.63, 3.8) is 0 Å². The van der Waals surface area contributed by atoms with Gasteiger partial charge in [0, 0.05) is 12.0 Å². The summed E-state index contributed by atoms with van der Waals surface area (Å²) in [4.78, 5) is 37.2. The van der Waals surface area contributed by atoms with Crippen LogP contribution in [0.4, 0.5) is 0 Å². The normalized spacial score (nSPS) is 13.9. The monoisotopic (exact) mass is 388 g/mol. The Hall–Kier alpha value is -2.63. The molecule has 6 nitrogen and oxygen atoms in total. The van der Waals surface area contributed by atoms with Crippen LogP contribution in [0.3, 0.4) is 0 Å². The van der Waals surface area contributed by atoms with Crippen LogP contribution in [0.15, 0.2) is 18.2 Å². The van der Waals surface area contributed by atoms with Gasteiger partial charge in [-0.05, 0) is 31.1 Å². The SMILES string of the molecule is CCCCCC(=O)OC(CCC)c1cc(OC)c2c(c1OC)C(=O)C=CC2=O. The van der Waals surface area contributed by atoms with Crippen molar-refractivity contribution in [1.29, 1.82) is 0 Å². The third-order valence-electron chi connectivity index (χ3n) is 4.73. The van der Waals surface area contributed by atoms with Crippen LogP contribution in [0.2, 0.25) is 0 Å². The zero-order valence-electron chi connectivity index (χ0n) is 17.0. The van der Waals surface area contributed by atoms with Gasteiger partial charge in [0.2, 0.25) is 0 Å². The smallest absolute Gasteiger partial charge is 0.306 e. The molecule has 1 aromatic rings. The van der Waals surface area contributed by atoms with E-state index in [1.807, 2.05) is 6.92 Å². The number of ketones is 2. The maximum atomic E-state index is 12.5. The number of unbranched alkanes of at least 4 members (excludes halogenated alkanes) is 2. The minimum atomic E-state index is -0.581. The zero-order valence-corrected chi connectivity index (χ0v) is 17.0. The summed E-state index contributed by atoms with van der Waals surface area (Å²) < 4.78 is 16.6. The van der Waals surface area contributed by atoms with Crippen LogP contribution in [0.5, 0.6) is 11.5 Å². The molecule has 1 aliphatic carbocycles. The first-order valence-electron chi connectivity index (χ1n) is 9.73. The summed E-state index contributed by atoms with van der Waals surface area (Å²) >= 11 is 0. The van der Waals surface area contributed by atoms with Crippen LogP contribution in [-0.2, 0) is 9.53 Å². The van der Waals surface area contributed by atoms with E-state index in [-0.39, 0.29) is 40.2 Å². The maximum absolute atomic E-state index is 12.5. The van der Waals surface area contributed by atoms with Crippen molar-refractivity contribution in [3.8, 4) is 11.5 Å².